The second-order valence-corrected chi connectivity index (χ2v) is 6.54. The van der Waals surface area contributed by atoms with Crippen LogP contribution >= 0.6 is 0 Å². The van der Waals surface area contributed by atoms with E-state index in [1.165, 1.54) is 16.4 Å². The van der Waals surface area contributed by atoms with Crippen LogP contribution in [0, 0.1) is 16.2 Å². The first-order chi connectivity index (χ1) is 9.95. The number of hydrogen-bond donors (Lipinski definition) is 1. The van der Waals surface area contributed by atoms with Crippen LogP contribution in [0.4, 0.5) is 5.69 Å². The topological polar surface area (TPSA) is 104 Å². The van der Waals surface area contributed by atoms with Crippen molar-refractivity contribution >= 4 is 15.7 Å². The fourth-order valence-electron chi connectivity index (χ4n) is 2.17. The van der Waals surface area contributed by atoms with E-state index in [1.54, 1.807) is 0 Å². The third-order valence-electron chi connectivity index (χ3n) is 3.33. The van der Waals surface area contributed by atoms with Crippen molar-refractivity contribution in [2.75, 3.05) is 39.3 Å². The summed E-state index contributed by atoms with van der Waals surface area (Å²) in [6.07, 6.45) is 0. The molecule has 0 saturated carbocycles. The minimum Gasteiger partial charge on any atom is -0.395 e. The normalized spacial score (nSPS) is 17.8. The smallest absolute Gasteiger partial charge is 0.270 e. The SMILES string of the molecule is O=[N+]([O-])c1cc[c]c(S(=O)(=O)N2CCN(CCO)CC2)c1. The zero-order valence-electron chi connectivity index (χ0n) is 11.3. The Balaban J connectivity index is 2.16. The monoisotopic (exact) mass is 314 g/mol. The number of β-amino-alcohol motifs (C(OH)–C–C–N with tert-alkyl or cyclic N) is 1. The van der Waals surface area contributed by atoms with E-state index in [2.05, 4.69) is 6.07 Å². The maximum atomic E-state index is 12.4. The molecule has 21 heavy (non-hydrogen) atoms. The number of hydrogen-bond acceptors (Lipinski definition) is 6. The Morgan fingerprint density at radius 1 is 1.33 bits per heavy atom. The molecule has 8 nitrogen and oxygen atoms in total. The summed E-state index contributed by atoms with van der Waals surface area (Å²) < 4.78 is 26.1. The van der Waals surface area contributed by atoms with Gasteiger partial charge < -0.3 is 5.11 Å². The molecule has 0 amide bonds. The highest BCUT2D eigenvalue weighted by Crippen LogP contribution is 2.21. The van der Waals surface area contributed by atoms with Crippen molar-refractivity contribution < 1.29 is 18.4 Å². The van der Waals surface area contributed by atoms with Crippen LogP contribution in [0.3, 0.4) is 0 Å². The summed E-state index contributed by atoms with van der Waals surface area (Å²) in [4.78, 5) is 11.9. The van der Waals surface area contributed by atoms with Gasteiger partial charge in [-0.15, -0.1) is 0 Å². The highest BCUT2D eigenvalue weighted by molar-refractivity contribution is 7.89. The van der Waals surface area contributed by atoms with Crippen LogP contribution in [0.5, 0.6) is 0 Å². The molecule has 1 aliphatic heterocycles. The number of nitro benzene ring substituents is 1. The summed E-state index contributed by atoms with van der Waals surface area (Å²) in [6, 6.07) is 6.02. The Bertz CT molecular complexity index is 611. The maximum absolute atomic E-state index is 12.4. The van der Waals surface area contributed by atoms with Crippen molar-refractivity contribution in [1.29, 1.82) is 0 Å². The Kier molecular flexibility index (Phi) is 4.88. The van der Waals surface area contributed by atoms with Gasteiger partial charge in [-0.05, 0) is 6.07 Å². The van der Waals surface area contributed by atoms with Gasteiger partial charge in [-0.2, -0.15) is 4.31 Å². The average Bonchev–Trinajstić information content (AvgIpc) is 2.48. The van der Waals surface area contributed by atoms with Gasteiger partial charge >= 0.3 is 0 Å². The minimum absolute atomic E-state index is 0.0331. The van der Waals surface area contributed by atoms with Crippen LogP contribution in [-0.2, 0) is 10.0 Å². The predicted molar refractivity (Wildman–Crippen MR) is 74.2 cm³/mol. The quantitative estimate of drug-likeness (QED) is 0.591. The first kappa shape index (κ1) is 15.8. The van der Waals surface area contributed by atoms with Gasteiger partial charge in [0.2, 0.25) is 10.0 Å². The van der Waals surface area contributed by atoms with Crippen LogP contribution in [0.1, 0.15) is 0 Å². The molecule has 0 aromatic heterocycles. The van der Waals surface area contributed by atoms with Crippen molar-refractivity contribution in [3.63, 3.8) is 0 Å². The van der Waals surface area contributed by atoms with E-state index >= 15 is 0 Å². The summed E-state index contributed by atoms with van der Waals surface area (Å²) >= 11 is 0. The molecule has 1 aromatic carbocycles. The summed E-state index contributed by atoms with van der Waals surface area (Å²) in [5, 5.41) is 19.6. The van der Waals surface area contributed by atoms with Gasteiger partial charge in [0.1, 0.15) is 0 Å². The van der Waals surface area contributed by atoms with E-state index in [4.69, 9.17) is 5.11 Å². The molecule has 115 valence electrons. The molecule has 1 aliphatic rings. The van der Waals surface area contributed by atoms with Crippen LogP contribution in [0.2, 0.25) is 0 Å². The maximum Gasteiger partial charge on any atom is 0.270 e. The molecule has 9 heteroatoms. The van der Waals surface area contributed by atoms with Gasteiger partial charge in [-0.25, -0.2) is 8.42 Å². The molecular formula is C12H16N3O5S. The van der Waals surface area contributed by atoms with Gasteiger partial charge in [-0.3, -0.25) is 15.0 Å². The number of aliphatic hydroxyl groups is 1. The van der Waals surface area contributed by atoms with E-state index < -0.39 is 14.9 Å². The fraction of sp³-hybridized carbons (Fsp3) is 0.500. The number of sulfonamides is 1. The van der Waals surface area contributed by atoms with Gasteiger partial charge in [0.05, 0.1) is 16.4 Å². The lowest BCUT2D eigenvalue weighted by molar-refractivity contribution is -0.385. The summed E-state index contributed by atoms with van der Waals surface area (Å²) in [5.41, 5.74) is -0.272. The summed E-state index contributed by atoms with van der Waals surface area (Å²) in [7, 11) is -3.77. The van der Waals surface area contributed by atoms with E-state index in [9.17, 15) is 18.5 Å². The fourth-order valence-corrected chi connectivity index (χ4v) is 3.58. The lowest BCUT2D eigenvalue weighted by atomic mass is 10.3. The number of rotatable bonds is 5. The number of benzene rings is 1. The molecule has 0 spiro atoms. The highest BCUT2D eigenvalue weighted by atomic mass is 32.2. The molecular weight excluding hydrogens is 298 g/mol. The van der Waals surface area contributed by atoms with E-state index in [-0.39, 0.29) is 17.2 Å². The largest absolute Gasteiger partial charge is 0.395 e. The van der Waals surface area contributed by atoms with Crippen LogP contribution < -0.4 is 0 Å². The molecule has 0 aliphatic carbocycles. The lowest BCUT2D eigenvalue weighted by Crippen LogP contribution is -2.49. The third kappa shape index (κ3) is 3.56. The van der Waals surface area contributed by atoms with Crippen molar-refractivity contribution in [2.45, 2.75) is 4.90 Å². The molecule has 2 rings (SSSR count). The molecule has 1 saturated heterocycles. The zero-order chi connectivity index (χ0) is 15.5. The van der Waals surface area contributed by atoms with E-state index in [0.717, 1.165) is 6.07 Å². The molecule has 0 unspecified atom stereocenters. The second-order valence-electron chi connectivity index (χ2n) is 4.64. The number of nitro groups is 1. The summed E-state index contributed by atoms with van der Waals surface area (Å²) in [5.74, 6) is 0. The number of aliphatic hydroxyl groups excluding tert-OH is 1. The molecule has 1 N–H and O–H groups in total. The first-order valence-electron chi connectivity index (χ1n) is 6.44. The van der Waals surface area contributed by atoms with E-state index in [1.807, 2.05) is 4.90 Å². The predicted octanol–water partition coefficient (Wildman–Crippen LogP) is -0.306. The van der Waals surface area contributed by atoms with Crippen molar-refractivity contribution in [1.82, 2.24) is 9.21 Å². The first-order valence-corrected chi connectivity index (χ1v) is 7.88. The molecule has 1 fully saturated rings. The molecule has 0 atom stereocenters. The number of nitrogens with zero attached hydrogens (tertiary/aromatic N) is 3. The Morgan fingerprint density at radius 3 is 2.57 bits per heavy atom. The standard InChI is InChI=1S/C12H16N3O5S/c16-9-8-13-4-6-14(7-5-13)21(19,20)12-3-1-2-11(10-12)15(17)18/h1-2,10,16H,4-9H2. The Hall–Kier alpha value is -1.55. The van der Waals surface area contributed by atoms with E-state index in [0.29, 0.717) is 32.7 Å². The van der Waals surface area contributed by atoms with Crippen molar-refractivity contribution in [3.8, 4) is 0 Å². The third-order valence-corrected chi connectivity index (χ3v) is 5.17. The van der Waals surface area contributed by atoms with Crippen LogP contribution in [0.25, 0.3) is 0 Å². The van der Waals surface area contributed by atoms with Gasteiger partial charge in [0.15, 0.2) is 0 Å². The van der Waals surface area contributed by atoms with Crippen molar-refractivity contribution in [3.05, 3.63) is 34.4 Å². The minimum atomic E-state index is -3.77. The summed E-state index contributed by atoms with van der Waals surface area (Å²) in [6.45, 7) is 2.17. The molecule has 1 aromatic rings. The van der Waals surface area contributed by atoms with Crippen molar-refractivity contribution in [2.24, 2.45) is 0 Å². The van der Waals surface area contributed by atoms with Gasteiger partial charge in [0.25, 0.3) is 5.69 Å². The van der Waals surface area contributed by atoms with Crippen LogP contribution in [0.15, 0.2) is 23.1 Å². The van der Waals surface area contributed by atoms with Gasteiger partial charge in [-0.1, -0.05) is 0 Å². The molecule has 0 bridgehead atoms. The number of non-ortho nitro benzene ring substituents is 1. The zero-order valence-corrected chi connectivity index (χ0v) is 12.1. The molecule has 1 radical (unpaired) electrons. The van der Waals surface area contributed by atoms with Gasteiger partial charge in [0, 0.05) is 50.9 Å². The average molecular weight is 314 g/mol. The Labute approximate surface area is 122 Å². The number of piperazine rings is 1. The highest BCUT2D eigenvalue weighted by Gasteiger charge is 2.29. The second kappa shape index (κ2) is 6.48. The lowest BCUT2D eigenvalue weighted by Gasteiger charge is -2.33. The Morgan fingerprint density at radius 2 is 2.00 bits per heavy atom. The van der Waals surface area contributed by atoms with Crippen LogP contribution in [-0.4, -0.2) is 67.0 Å². The molecule has 1 heterocycles.